The highest BCUT2D eigenvalue weighted by Crippen LogP contribution is 2.12. The first kappa shape index (κ1) is 16.3. The SMILES string of the molecule is Cl.O=C(CCC1CCCN1)NCc1cccc(Cl)c1. The van der Waals surface area contributed by atoms with Gasteiger partial charge >= 0.3 is 0 Å². The van der Waals surface area contributed by atoms with E-state index in [4.69, 9.17) is 11.6 Å². The van der Waals surface area contributed by atoms with E-state index in [9.17, 15) is 4.79 Å². The average molecular weight is 303 g/mol. The molecule has 0 radical (unpaired) electrons. The van der Waals surface area contributed by atoms with E-state index in [-0.39, 0.29) is 18.3 Å². The molecule has 19 heavy (non-hydrogen) atoms. The highest BCUT2D eigenvalue weighted by molar-refractivity contribution is 6.30. The second-order valence-electron chi connectivity index (χ2n) is 4.74. The summed E-state index contributed by atoms with van der Waals surface area (Å²) < 4.78 is 0. The van der Waals surface area contributed by atoms with Crippen molar-refractivity contribution in [2.75, 3.05) is 6.54 Å². The van der Waals surface area contributed by atoms with Crippen LogP contribution < -0.4 is 10.6 Å². The van der Waals surface area contributed by atoms with Gasteiger partial charge in [-0.15, -0.1) is 12.4 Å². The van der Waals surface area contributed by atoms with E-state index in [0.717, 1.165) is 18.5 Å². The molecule has 106 valence electrons. The van der Waals surface area contributed by atoms with Gasteiger partial charge in [-0.1, -0.05) is 23.7 Å². The zero-order valence-electron chi connectivity index (χ0n) is 10.8. The second kappa shape index (κ2) is 8.41. The van der Waals surface area contributed by atoms with Gasteiger partial charge in [-0.2, -0.15) is 0 Å². The number of rotatable bonds is 5. The first-order valence-electron chi connectivity index (χ1n) is 6.48. The number of hydrogen-bond donors (Lipinski definition) is 2. The van der Waals surface area contributed by atoms with E-state index in [1.54, 1.807) is 0 Å². The molecule has 2 N–H and O–H groups in total. The minimum Gasteiger partial charge on any atom is -0.352 e. The molecule has 0 bridgehead atoms. The minimum atomic E-state index is 0. The molecule has 0 saturated carbocycles. The predicted octanol–water partition coefficient (Wildman–Crippen LogP) is 2.91. The molecule has 1 amide bonds. The van der Waals surface area contributed by atoms with Crippen LogP contribution in [-0.2, 0) is 11.3 Å². The number of benzene rings is 1. The van der Waals surface area contributed by atoms with E-state index in [1.165, 1.54) is 12.8 Å². The van der Waals surface area contributed by atoms with E-state index in [1.807, 2.05) is 24.3 Å². The van der Waals surface area contributed by atoms with Crippen LogP contribution in [0, 0.1) is 0 Å². The van der Waals surface area contributed by atoms with Crippen molar-refractivity contribution in [2.24, 2.45) is 0 Å². The van der Waals surface area contributed by atoms with Crippen LogP contribution >= 0.6 is 24.0 Å². The van der Waals surface area contributed by atoms with Crippen molar-refractivity contribution in [1.82, 2.24) is 10.6 Å². The molecule has 1 aromatic carbocycles. The summed E-state index contributed by atoms with van der Waals surface area (Å²) in [4.78, 5) is 11.7. The molecular weight excluding hydrogens is 283 g/mol. The van der Waals surface area contributed by atoms with Crippen LogP contribution in [0.5, 0.6) is 0 Å². The summed E-state index contributed by atoms with van der Waals surface area (Å²) in [6, 6.07) is 8.09. The second-order valence-corrected chi connectivity index (χ2v) is 5.18. The van der Waals surface area contributed by atoms with Crippen LogP contribution in [0.25, 0.3) is 0 Å². The molecule has 1 heterocycles. The topological polar surface area (TPSA) is 41.1 Å². The fraction of sp³-hybridized carbons (Fsp3) is 0.500. The highest BCUT2D eigenvalue weighted by atomic mass is 35.5. The molecule has 0 spiro atoms. The fourth-order valence-electron chi connectivity index (χ4n) is 2.24. The Balaban J connectivity index is 0.00000180. The van der Waals surface area contributed by atoms with Gasteiger partial charge < -0.3 is 10.6 Å². The van der Waals surface area contributed by atoms with E-state index in [0.29, 0.717) is 24.0 Å². The molecule has 1 unspecified atom stereocenters. The quantitative estimate of drug-likeness (QED) is 0.878. The molecule has 1 fully saturated rings. The van der Waals surface area contributed by atoms with E-state index in [2.05, 4.69) is 10.6 Å². The van der Waals surface area contributed by atoms with Crippen molar-refractivity contribution in [3.8, 4) is 0 Å². The summed E-state index contributed by atoms with van der Waals surface area (Å²) in [5, 5.41) is 7.03. The molecule has 3 nitrogen and oxygen atoms in total. The van der Waals surface area contributed by atoms with Crippen molar-refractivity contribution >= 4 is 29.9 Å². The molecule has 1 saturated heterocycles. The number of nitrogens with one attached hydrogen (secondary N) is 2. The van der Waals surface area contributed by atoms with Crippen LogP contribution in [0.2, 0.25) is 5.02 Å². The van der Waals surface area contributed by atoms with Crippen LogP contribution in [0.15, 0.2) is 24.3 Å². The Morgan fingerprint density at radius 3 is 3.00 bits per heavy atom. The molecule has 1 atom stereocenters. The van der Waals surface area contributed by atoms with Crippen LogP contribution in [0.1, 0.15) is 31.2 Å². The van der Waals surface area contributed by atoms with Gasteiger partial charge in [0.1, 0.15) is 0 Å². The summed E-state index contributed by atoms with van der Waals surface area (Å²) in [6.45, 7) is 1.65. The first-order valence-corrected chi connectivity index (χ1v) is 6.86. The number of carbonyl (C=O) groups is 1. The van der Waals surface area contributed by atoms with Crippen molar-refractivity contribution in [1.29, 1.82) is 0 Å². The minimum absolute atomic E-state index is 0. The molecule has 0 aromatic heterocycles. The maximum absolute atomic E-state index is 11.7. The van der Waals surface area contributed by atoms with Gasteiger partial charge in [-0.25, -0.2) is 0 Å². The molecule has 1 aliphatic rings. The van der Waals surface area contributed by atoms with E-state index < -0.39 is 0 Å². The summed E-state index contributed by atoms with van der Waals surface area (Å²) in [5.41, 5.74) is 1.04. The number of carbonyl (C=O) groups excluding carboxylic acids is 1. The monoisotopic (exact) mass is 302 g/mol. The van der Waals surface area contributed by atoms with Gasteiger partial charge in [0.2, 0.25) is 5.91 Å². The van der Waals surface area contributed by atoms with Gasteiger partial charge in [0.15, 0.2) is 0 Å². The van der Waals surface area contributed by atoms with Gasteiger partial charge in [-0.05, 0) is 43.5 Å². The number of hydrogen-bond acceptors (Lipinski definition) is 2. The summed E-state index contributed by atoms with van der Waals surface area (Å²) in [6.07, 6.45) is 3.95. The lowest BCUT2D eigenvalue weighted by Gasteiger charge is -2.10. The maximum atomic E-state index is 11.7. The Bertz CT molecular complexity index is 406. The Labute approximate surface area is 125 Å². The summed E-state index contributed by atoms with van der Waals surface area (Å²) in [5.74, 6) is 0.115. The smallest absolute Gasteiger partial charge is 0.220 e. The zero-order chi connectivity index (χ0) is 12.8. The summed E-state index contributed by atoms with van der Waals surface area (Å²) >= 11 is 5.89. The maximum Gasteiger partial charge on any atom is 0.220 e. The van der Waals surface area contributed by atoms with Gasteiger partial charge in [0, 0.05) is 24.0 Å². The summed E-state index contributed by atoms with van der Waals surface area (Å²) in [7, 11) is 0. The lowest BCUT2D eigenvalue weighted by atomic mass is 10.1. The third-order valence-corrected chi connectivity index (χ3v) is 3.50. The highest BCUT2D eigenvalue weighted by Gasteiger charge is 2.14. The Morgan fingerprint density at radius 2 is 2.32 bits per heavy atom. The largest absolute Gasteiger partial charge is 0.352 e. The van der Waals surface area contributed by atoms with Gasteiger partial charge in [-0.3, -0.25) is 4.79 Å². The number of amides is 1. The fourth-order valence-corrected chi connectivity index (χ4v) is 2.46. The molecular formula is C14H20Cl2N2O. The third kappa shape index (κ3) is 5.81. The van der Waals surface area contributed by atoms with Crippen LogP contribution in [-0.4, -0.2) is 18.5 Å². The zero-order valence-corrected chi connectivity index (χ0v) is 12.4. The van der Waals surface area contributed by atoms with E-state index >= 15 is 0 Å². The van der Waals surface area contributed by atoms with Gasteiger partial charge in [0.05, 0.1) is 0 Å². The molecule has 1 aliphatic heterocycles. The Kier molecular flexibility index (Phi) is 7.21. The molecule has 0 aliphatic carbocycles. The third-order valence-electron chi connectivity index (χ3n) is 3.26. The van der Waals surface area contributed by atoms with Crippen molar-refractivity contribution in [3.63, 3.8) is 0 Å². The van der Waals surface area contributed by atoms with Crippen molar-refractivity contribution in [2.45, 2.75) is 38.3 Å². The number of halogens is 2. The predicted molar refractivity (Wildman–Crippen MR) is 80.8 cm³/mol. The Morgan fingerprint density at radius 1 is 1.47 bits per heavy atom. The van der Waals surface area contributed by atoms with Crippen molar-refractivity contribution in [3.05, 3.63) is 34.9 Å². The standard InChI is InChI=1S/C14H19ClN2O.ClH/c15-12-4-1-3-11(9-12)10-17-14(18)7-6-13-5-2-8-16-13;/h1,3-4,9,13,16H,2,5-8,10H2,(H,17,18);1H. The van der Waals surface area contributed by atoms with Gasteiger partial charge in [0.25, 0.3) is 0 Å². The Hall–Kier alpha value is -0.770. The van der Waals surface area contributed by atoms with Crippen LogP contribution in [0.4, 0.5) is 0 Å². The molecule has 1 aromatic rings. The first-order chi connectivity index (χ1) is 8.74. The van der Waals surface area contributed by atoms with Crippen LogP contribution in [0.3, 0.4) is 0 Å². The average Bonchev–Trinajstić information content (AvgIpc) is 2.87. The lowest BCUT2D eigenvalue weighted by Crippen LogP contribution is -2.27. The lowest BCUT2D eigenvalue weighted by molar-refractivity contribution is -0.121. The normalized spacial score (nSPS) is 17.8. The molecule has 5 heteroatoms. The molecule has 2 rings (SSSR count). The van der Waals surface area contributed by atoms with Crippen molar-refractivity contribution < 1.29 is 4.79 Å².